The van der Waals surface area contributed by atoms with Gasteiger partial charge >= 0.3 is 0 Å². The molecular weight excluding hydrogens is 597 g/mol. The second kappa shape index (κ2) is 15.8. The lowest BCUT2D eigenvalue weighted by molar-refractivity contribution is -0.140. The maximum Gasteiger partial charge on any atom is 0.264 e. The zero-order chi connectivity index (χ0) is 30.7. The van der Waals surface area contributed by atoms with Gasteiger partial charge in [0.15, 0.2) is 0 Å². The van der Waals surface area contributed by atoms with Gasteiger partial charge in [-0.2, -0.15) is 0 Å². The molecule has 11 heteroatoms. The standard InChI is InChI=1S/C31H37Cl2N3O5S/c1-4-7-19-34-31(38)27(5-2)35(21-23-17-18-25(32)26(33)20-23)30(37)22-36(28-15-11-12-16-29(28)41-6-3)42(39,40)24-13-9-8-10-14-24/h8-18,20,27H,4-7,19,21-22H2,1-3H3,(H,34,38). The van der Waals surface area contributed by atoms with Gasteiger partial charge in [0.05, 0.1) is 27.2 Å². The van der Waals surface area contributed by atoms with Crippen molar-refractivity contribution in [3.05, 3.63) is 88.4 Å². The molecule has 0 spiro atoms. The molecule has 3 rings (SSSR count). The van der Waals surface area contributed by atoms with Crippen LogP contribution in [0.3, 0.4) is 0 Å². The predicted octanol–water partition coefficient (Wildman–Crippen LogP) is 6.31. The third kappa shape index (κ3) is 8.40. The predicted molar refractivity (Wildman–Crippen MR) is 168 cm³/mol. The molecule has 42 heavy (non-hydrogen) atoms. The molecule has 8 nitrogen and oxygen atoms in total. The molecule has 0 aliphatic rings. The van der Waals surface area contributed by atoms with Crippen molar-refractivity contribution in [2.45, 2.75) is 57.5 Å². The highest BCUT2D eigenvalue weighted by Crippen LogP contribution is 2.33. The van der Waals surface area contributed by atoms with Crippen LogP contribution < -0.4 is 14.4 Å². The Hall–Kier alpha value is -3.27. The fourth-order valence-corrected chi connectivity index (χ4v) is 6.20. The molecule has 1 unspecified atom stereocenters. The molecule has 0 saturated heterocycles. The minimum Gasteiger partial charge on any atom is -0.492 e. The van der Waals surface area contributed by atoms with Gasteiger partial charge in [0.25, 0.3) is 10.0 Å². The van der Waals surface area contributed by atoms with Gasteiger partial charge in [-0.15, -0.1) is 0 Å². The minimum absolute atomic E-state index is 0.0156. The molecule has 0 aliphatic heterocycles. The number of rotatable bonds is 15. The number of unbranched alkanes of at least 4 members (excludes halogenated alkanes) is 1. The quantitative estimate of drug-likeness (QED) is 0.198. The van der Waals surface area contributed by atoms with E-state index in [0.717, 1.165) is 17.1 Å². The molecule has 0 fully saturated rings. The van der Waals surface area contributed by atoms with Crippen LogP contribution in [0.15, 0.2) is 77.7 Å². The number of nitrogens with one attached hydrogen (secondary N) is 1. The SMILES string of the molecule is CCCCNC(=O)C(CC)N(Cc1ccc(Cl)c(Cl)c1)C(=O)CN(c1ccccc1OCC)S(=O)(=O)c1ccccc1. The summed E-state index contributed by atoms with van der Waals surface area (Å²) in [7, 11) is -4.21. The van der Waals surface area contributed by atoms with E-state index in [1.807, 2.05) is 13.8 Å². The number of hydrogen-bond donors (Lipinski definition) is 1. The first-order valence-corrected chi connectivity index (χ1v) is 16.1. The first kappa shape index (κ1) is 33.2. The molecular formula is C31H37Cl2N3O5S. The van der Waals surface area contributed by atoms with Crippen molar-refractivity contribution in [3.63, 3.8) is 0 Å². The van der Waals surface area contributed by atoms with Crippen molar-refractivity contribution >= 4 is 50.7 Å². The molecule has 226 valence electrons. The van der Waals surface area contributed by atoms with Crippen LogP contribution in [0.4, 0.5) is 5.69 Å². The molecule has 0 aromatic heterocycles. The topological polar surface area (TPSA) is 96.0 Å². The van der Waals surface area contributed by atoms with Crippen LogP contribution in [-0.4, -0.2) is 50.9 Å². The number of carbonyl (C=O) groups excluding carboxylic acids is 2. The second-order valence-corrected chi connectivity index (χ2v) is 12.2. The number of carbonyl (C=O) groups is 2. The van der Waals surface area contributed by atoms with Gasteiger partial charge < -0.3 is 15.0 Å². The van der Waals surface area contributed by atoms with E-state index in [9.17, 15) is 18.0 Å². The van der Waals surface area contributed by atoms with Crippen LogP contribution in [0.2, 0.25) is 10.0 Å². The number of ether oxygens (including phenoxy) is 1. The summed E-state index contributed by atoms with van der Waals surface area (Å²) in [5.74, 6) is -0.566. The molecule has 0 aliphatic carbocycles. The largest absolute Gasteiger partial charge is 0.492 e. The molecule has 0 radical (unpaired) electrons. The molecule has 3 aromatic carbocycles. The Morgan fingerprint density at radius 3 is 2.26 bits per heavy atom. The van der Waals surface area contributed by atoms with E-state index >= 15 is 0 Å². The summed E-state index contributed by atoms with van der Waals surface area (Å²) in [6.45, 7) is 5.83. The van der Waals surface area contributed by atoms with Crippen molar-refractivity contribution in [2.24, 2.45) is 0 Å². The Morgan fingerprint density at radius 2 is 1.62 bits per heavy atom. The Bertz CT molecular complexity index is 1450. The third-order valence-electron chi connectivity index (χ3n) is 6.60. The number of para-hydroxylation sites is 2. The number of anilines is 1. The Morgan fingerprint density at radius 1 is 0.929 bits per heavy atom. The van der Waals surface area contributed by atoms with Gasteiger partial charge in [-0.25, -0.2) is 8.42 Å². The smallest absolute Gasteiger partial charge is 0.264 e. The van der Waals surface area contributed by atoms with Crippen molar-refractivity contribution in [2.75, 3.05) is 24.0 Å². The van der Waals surface area contributed by atoms with E-state index in [2.05, 4.69) is 5.32 Å². The fourth-order valence-electron chi connectivity index (χ4n) is 4.43. The summed E-state index contributed by atoms with van der Waals surface area (Å²) in [5, 5.41) is 3.57. The lowest BCUT2D eigenvalue weighted by Gasteiger charge is -2.33. The maximum atomic E-state index is 14.2. The zero-order valence-electron chi connectivity index (χ0n) is 24.1. The van der Waals surface area contributed by atoms with Crippen molar-refractivity contribution in [3.8, 4) is 5.75 Å². The Balaban J connectivity index is 2.09. The molecule has 1 atom stereocenters. The number of nitrogens with zero attached hydrogens (tertiary/aromatic N) is 2. The van der Waals surface area contributed by atoms with E-state index in [-0.39, 0.29) is 23.0 Å². The molecule has 1 N–H and O–H groups in total. The van der Waals surface area contributed by atoms with Gasteiger partial charge in [0.1, 0.15) is 18.3 Å². The van der Waals surface area contributed by atoms with Crippen LogP contribution in [0.25, 0.3) is 0 Å². The summed E-state index contributed by atoms with van der Waals surface area (Å²) in [6, 6.07) is 18.7. The summed E-state index contributed by atoms with van der Waals surface area (Å²) in [5.41, 5.74) is 0.858. The van der Waals surface area contributed by atoms with Gasteiger partial charge in [-0.3, -0.25) is 13.9 Å². The first-order valence-electron chi connectivity index (χ1n) is 13.9. The lowest BCUT2D eigenvalue weighted by atomic mass is 10.1. The Labute approximate surface area is 258 Å². The fraction of sp³-hybridized carbons (Fsp3) is 0.355. The normalized spacial score (nSPS) is 11.9. The monoisotopic (exact) mass is 633 g/mol. The molecule has 2 amide bonds. The highest BCUT2D eigenvalue weighted by molar-refractivity contribution is 7.92. The molecule has 0 saturated carbocycles. The maximum absolute atomic E-state index is 14.2. The van der Waals surface area contributed by atoms with Gasteiger partial charge in [0.2, 0.25) is 11.8 Å². The number of benzene rings is 3. The van der Waals surface area contributed by atoms with E-state index in [4.69, 9.17) is 27.9 Å². The van der Waals surface area contributed by atoms with Gasteiger partial charge in [0, 0.05) is 13.1 Å². The van der Waals surface area contributed by atoms with Crippen molar-refractivity contribution in [1.82, 2.24) is 10.2 Å². The zero-order valence-corrected chi connectivity index (χ0v) is 26.4. The lowest BCUT2D eigenvalue weighted by Crippen LogP contribution is -2.52. The van der Waals surface area contributed by atoms with Crippen LogP contribution in [0, 0.1) is 0 Å². The molecule has 3 aromatic rings. The highest BCUT2D eigenvalue weighted by atomic mass is 35.5. The average molecular weight is 635 g/mol. The van der Waals surface area contributed by atoms with E-state index in [1.165, 1.54) is 17.0 Å². The van der Waals surface area contributed by atoms with Crippen LogP contribution in [-0.2, 0) is 26.2 Å². The minimum atomic E-state index is -4.21. The number of amides is 2. The number of halogens is 2. The molecule has 0 bridgehead atoms. The van der Waals surface area contributed by atoms with Gasteiger partial charge in [-0.1, -0.05) is 79.9 Å². The average Bonchev–Trinajstić information content (AvgIpc) is 2.98. The summed E-state index contributed by atoms with van der Waals surface area (Å²) in [4.78, 5) is 28.9. The van der Waals surface area contributed by atoms with E-state index in [0.29, 0.717) is 40.9 Å². The summed E-state index contributed by atoms with van der Waals surface area (Å²) < 4.78 is 34.8. The first-order chi connectivity index (χ1) is 20.1. The van der Waals surface area contributed by atoms with Crippen LogP contribution in [0.5, 0.6) is 5.75 Å². The third-order valence-corrected chi connectivity index (χ3v) is 9.11. The van der Waals surface area contributed by atoms with Crippen molar-refractivity contribution in [1.29, 1.82) is 0 Å². The van der Waals surface area contributed by atoms with E-state index in [1.54, 1.807) is 67.6 Å². The van der Waals surface area contributed by atoms with Gasteiger partial charge in [-0.05, 0) is 61.7 Å². The molecule has 0 heterocycles. The number of hydrogen-bond acceptors (Lipinski definition) is 5. The highest BCUT2D eigenvalue weighted by Gasteiger charge is 2.34. The summed E-state index contributed by atoms with van der Waals surface area (Å²) >= 11 is 12.4. The Kier molecular flexibility index (Phi) is 12.5. The van der Waals surface area contributed by atoms with Crippen molar-refractivity contribution < 1.29 is 22.7 Å². The summed E-state index contributed by atoms with van der Waals surface area (Å²) in [6.07, 6.45) is 2.00. The van der Waals surface area contributed by atoms with Crippen LogP contribution >= 0.6 is 23.2 Å². The second-order valence-electron chi connectivity index (χ2n) is 9.56. The van der Waals surface area contributed by atoms with E-state index < -0.39 is 28.5 Å². The van der Waals surface area contributed by atoms with Crippen LogP contribution in [0.1, 0.15) is 45.6 Å². The number of sulfonamides is 1.